The molecule has 0 bridgehead atoms. The highest BCUT2D eigenvalue weighted by Gasteiger charge is 2.52. The fourth-order valence-corrected chi connectivity index (χ4v) is 1.92. The number of anilines is 1. The van der Waals surface area contributed by atoms with Crippen molar-refractivity contribution in [3.63, 3.8) is 0 Å². The van der Waals surface area contributed by atoms with E-state index in [2.05, 4.69) is 4.98 Å². The van der Waals surface area contributed by atoms with Gasteiger partial charge in [-0.05, 0) is 39.2 Å². The molecule has 0 atom stereocenters. The highest BCUT2D eigenvalue weighted by molar-refractivity contribution is 6.62. The van der Waals surface area contributed by atoms with Crippen molar-refractivity contribution in [2.75, 3.05) is 5.73 Å². The molecule has 0 saturated carbocycles. The summed E-state index contributed by atoms with van der Waals surface area (Å²) in [5.41, 5.74) is 4.27. The SMILES string of the molecule is CC1(C)OB(c2ccnc(N)c2C(F)F)OC1(C)C. The summed E-state index contributed by atoms with van der Waals surface area (Å²) in [6.45, 7) is 7.44. The maximum Gasteiger partial charge on any atom is 0.495 e. The summed E-state index contributed by atoms with van der Waals surface area (Å²) >= 11 is 0. The molecule has 4 nitrogen and oxygen atoms in total. The number of pyridine rings is 1. The molecule has 1 aromatic rings. The maximum absolute atomic E-state index is 13.1. The average molecular weight is 270 g/mol. The molecule has 2 N–H and O–H groups in total. The summed E-state index contributed by atoms with van der Waals surface area (Å²) in [6.07, 6.45) is -1.34. The van der Waals surface area contributed by atoms with Gasteiger partial charge in [-0.3, -0.25) is 0 Å². The van der Waals surface area contributed by atoms with Gasteiger partial charge in [0.05, 0.1) is 16.8 Å². The van der Waals surface area contributed by atoms with Crippen LogP contribution in [0.2, 0.25) is 0 Å². The van der Waals surface area contributed by atoms with Crippen molar-refractivity contribution in [3.8, 4) is 0 Å². The largest absolute Gasteiger partial charge is 0.495 e. The lowest BCUT2D eigenvalue weighted by Gasteiger charge is -2.32. The van der Waals surface area contributed by atoms with Crippen molar-refractivity contribution in [1.82, 2.24) is 4.98 Å². The van der Waals surface area contributed by atoms with Crippen molar-refractivity contribution < 1.29 is 18.1 Å². The number of hydrogen-bond donors (Lipinski definition) is 1. The Bertz CT molecular complexity index is 479. The second kappa shape index (κ2) is 4.42. The minimum absolute atomic E-state index is 0.192. The summed E-state index contributed by atoms with van der Waals surface area (Å²) in [5, 5.41) is 0. The standard InChI is InChI=1S/C12H17BF2N2O2/c1-11(2)12(3,4)19-13(18-11)7-5-6-17-10(16)8(7)9(14)15/h5-6,9H,1-4H3,(H2,16,17). The number of halogens is 2. The van der Waals surface area contributed by atoms with Crippen LogP contribution >= 0.6 is 0 Å². The van der Waals surface area contributed by atoms with E-state index >= 15 is 0 Å². The second-order valence-corrected chi connectivity index (χ2v) is 5.59. The summed E-state index contributed by atoms with van der Waals surface area (Å²) < 4.78 is 37.7. The third kappa shape index (κ3) is 2.32. The molecule has 0 aliphatic carbocycles. The van der Waals surface area contributed by atoms with Gasteiger partial charge in [-0.1, -0.05) is 0 Å². The van der Waals surface area contributed by atoms with Gasteiger partial charge in [-0.25, -0.2) is 13.8 Å². The van der Waals surface area contributed by atoms with Gasteiger partial charge in [0, 0.05) is 6.20 Å². The van der Waals surface area contributed by atoms with Gasteiger partial charge in [0.15, 0.2) is 0 Å². The first-order valence-corrected chi connectivity index (χ1v) is 6.04. The van der Waals surface area contributed by atoms with Gasteiger partial charge >= 0.3 is 7.12 Å². The van der Waals surface area contributed by atoms with Crippen molar-refractivity contribution in [2.45, 2.75) is 45.3 Å². The molecule has 0 amide bonds. The topological polar surface area (TPSA) is 57.4 Å². The zero-order valence-corrected chi connectivity index (χ0v) is 11.4. The van der Waals surface area contributed by atoms with Crippen molar-refractivity contribution in [1.29, 1.82) is 0 Å². The van der Waals surface area contributed by atoms with Crippen LogP contribution < -0.4 is 11.2 Å². The Morgan fingerprint density at radius 2 is 1.74 bits per heavy atom. The quantitative estimate of drug-likeness (QED) is 0.834. The number of rotatable bonds is 2. The van der Waals surface area contributed by atoms with E-state index in [4.69, 9.17) is 15.0 Å². The van der Waals surface area contributed by atoms with Crippen LogP contribution in [-0.2, 0) is 9.31 Å². The molecular formula is C12H17BF2N2O2. The number of nitrogens with two attached hydrogens (primary N) is 1. The Kier molecular flexibility index (Phi) is 3.30. The molecule has 7 heteroatoms. The Labute approximate surface area is 111 Å². The third-order valence-electron chi connectivity index (χ3n) is 3.78. The van der Waals surface area contributed by atoms with Crippen LogP contribution in [0, 0.1) is 0 Å². The summed E-state index contributed by atoms with van der Waals surface area (Å²) in [5.74, 6) is -0.192. The molecule has 19 heavy (non-hydrogen) atoms. The molecule has 0 radical (unpaired) electrons. The van der Waals surface area contributed by atoms with Gasteiger partial charge < -0.3 is 15.0 Å². The highest BCUT2D eigenvalue weighted by Crippen LogP contribution is 2.37. The first-order chi connectivity index (χ1) is 8.66. The number of nitrogen functional groups attached to an aromatic ring is 1. The highest BCUT2D eigenvalue weighted by atomic mass is 19.3. The fourth-order valence-electron chi connectivity index (χ4n) is 1.92. The van der Waals surface area contributed by atoms with Crippen LogP contribution in [-0.4, -0.2) is 23.3 Å². The Morgan fingerprint density at radius 1 is 1.21 bits per heavy atom. The maximum atomic E-state index is 13.1. The Hall–Kier alpha value is -1.21. The molecule has 1 aliphatic heterocycles. The lowest BCUT2D eigenvalue weighted by molar-refractivity contribution is 0.00578. The molecule has 2 rings (SSSR count). The molecule has 1 aliphatic rings. The molecule has 1 saturated heterocycles. The van der Waals surface area contributed by atoms with Crippen LogP contribution in [0.15, 0.2) is 12.3 Å². The summed E-state index contributed by atoms with van der Waals surface area (Å²) in [7, 11) is -0.862. The van der Waals surface area contributed by atoms with E-state index in [1.165, 1.54) is 12.3 Å². The van der Waals surface area contributed by atoms with Gasteiger partial charge in [0.2, 0.25) is 0 Å². The second-order valence-electron chi connectivity index (χ2n) is 5.59. The summed E-state index contributed by atoms with van der Waals surface area (Å²) in [4.78, 5) is 3.69. The molecule has 0 spiro atoms. The van der Waals surface area contributed by atoms with E-state index in [0.717, 1.165) is 0 Å². The Balaban J connectivity index is 2.43. The van der Waals surface area contributed by atoms with Crippen LogP contribution in [0.3, 0.4) is 0 Å². The smallest absolute Gasteiger partial charge is 0.399 e. The van der Waals surface area contributed by atoms with E-state index in [0.29, 0.717) is 0 Å². The van der Waals surface area contributed by atoms with E-state index in [9.17, 15) is 8.78 Å². The average Bonchev–Trinajstić information content (AvgIpc) is 2.47. The van der Waals surface area contributed by atoms with Crippen molar-refractivity contribution in [2.24, 2.45) is 0 Å². The monoisotopic (exact) mass is 270 g/mol. The number of alkyl halides is 2. The predicted molar refractivity (Wildman–Crippen MR) is 69.3 cm³/mol. The molecular weight excluding hydrogens is 253 g/mol. The predicted octanol–water partition coefficient (Wildman–Crippen LogP) is 1.90. The van der Waals surface area contributed by atoms with E-state index in [1.807, 2.05) is 27.7 Å². The zero-order chi connectivity index (χ0) is 14.4. The van der Waals surface area contributed by atoms with E-state index in [-0.39, 0.29) is 16.8 Å². The lowest BCUT2D eigenvalue weighted by Crippen LogP contribution is -2.41. The number of aromatic nitrogens is 1. The van der Waals surface area contributed by atoms with Crippen molar-refractivity contribution in [3.05, 3.63) is 17.8 Å². The first kappa shape index (κ1) is 14.2. The summed E-state index contributed by atoms with van der Waals surface area (Å²) in [6, 6.07) is 1.46. The van der Waals surface area contributed by atoms with Crippen LogP contribution in [0.25, 0.3) is 0 Å². The van der Waals surface area contributed by atoms with Crippen LogP contribution in [0.5, 0.6) is 0 Å². The van der Waals surface area contributed by atoms with E-state index < -0.39 is 24.7 Å². The molecule has 2 heterocycles. The minimum atomic E-state index is -2.72. The van der Waals surface area contributed by atoms with Crippen LogP contribution in [0.1, 0.15) is 39.7 Å². The van der Waals surface area contributed by atoms with Crippen LogP contribution in [0.4, 0.5) is 14.6 Å². The third-order valence-corrected chi connectivity index (χ3v) is 3.78. The molecule has 0 aromatic carbocycles. The molecule has 0 unspecified atom stereocenters. The molecule has 1 aromatic heterocycles. The van der Waals surface area contributed by atoms with Gasteiger partial charge in [0.25, 0.3) is 6.43 Å². The van der Waals surface area contributed by atoms with Gasteiger partial charge in [0.1, 0.15) is 5.82 Å². The number of hydrogen-bond acceptors (Lipinski definition) is 4. The fraction of sp³-hybridized carbons (Fsp3) is 0.583. The van der Waals surface area contributed by atoms with Crippen molar-refractivity contribution >= 4 is 18.4 Å². The number of nitrogens with zero attached hydrogens (tertiary/aromatic N) is 1. The molecule has 1 fully saturated rings. The van der Waals surface area contributed by atoms with E-state index in [1.54, 1.807) is 0 Å². The van der Waals surface area contributed by atoms with Gasteiger partial charge in [-0.2, -0.15) is 0 Å². The normalized spacial score (nSPS) is 21.1. The lowest BCUT2D eigenvalue weighted by atomic mass is 9.76. The van der Waals surface area contributed by atoms with Gasteiger partial charge in [-0.15, -0.1) is 0 Å². The Morgan fingerprint density at radius 3 is 2.21 bits per heavy atom. The first-order valence-electron chi connectivity index (χ1n) is 6.04. The molecule has 104 valence electrons. The zero-order valence-electron chi connectivity index (χ0n) is 11.4. The minimum Gasteiger partial charge on any atom is -0.399 e.